The van der Waals surface area contributed by atoms with Crippen molar-refractivity contribution in [2.24, 2.45) is 11.8 Å². The summed E-state index contributed by atoms with van der Waals surface area (Å²) in [4.78, 5) is 0. The molecule has 0 radical (unpaired) electrons. The predicted molar refractivity (Wildman–Crippen MR) is 106 cm³/mol. The van der Waals surface area contributed by atoms with Gasteiger partial charge in [0.05, 0.1) is 12.2 Å². The van der Waals surface area contributed by atoms with Crippen molar-refractivity contribution in [3.8, 4) is 6.07 Å². The van der Waals surface area contributed by atoms with Crippen LogP contribution in [0.15, 0.2) is 24.4 Å². The highest BCUT2D eigenvalue weighted by atomic mass is 16.5. The van der Waals surface area contributed by atoms with Gasteiger partial charge in [0.25, 0.3) is 0 Å². The van der Waals surface area contributed by atoms with Crippen LogP contribution in [-0.2, 0) is 4.74 Å². The Bertz CT molecular complexity index is 438. The van der Waals surface area contributed by atoms with Crippen LogP contribution >= 0.6 is 0 Å². The summed E-state index contributed by atoms with van der Waals surface area (Å²) in [5, 5.41) is 12.5. The minimum absolute atomic E-state index is 0.232. The number of unbranched alkanes of at least 4 members (excludes halogenated alkanes) is 3. The fourth-order valence-electron chi connectivity index (χ4n) is 3.46. The van der Waals surface area contributed by atoms with Gasteiger partial charge < -0.3 is 10.1 Å². The number of hydrogen-bond acceptors (Lipinski definition) is 3. The molecule has 1 rings (SSSR count). The number of allylic oxidation sites excluding steroid dienone is 2. The van der Waals surface area contributed by atoms with Gasteiger partial charge >= 0.3 is 0 Å². The summed E-state index contributed by atoms with van der Waals surface area (Å²) >= 11 is 0. The van der Waals surface area contributed by atoms with Gasteiger partial charge in [0.2, 0.25) is 0 Å². The van der Waals surface area contributed by atoms with E-state index < -0.39 is 0 Å². The molecular weight excluding hydrogens is 308 g/mol. The Balaban J connectivity index is 1.93. The highest BCUT2D eigenvalue weighted by Crippen LogP contribution is 2.31. The number of nitrogens with one attached hydrogen (secondary N) is 1. The van der Waals surface area contributed by atoms with E-state index in [-0.39, 0.29) is 5.92 Å². The lowest BCUT2D eigenvalue weighted by Gasteiger charge is -2.30. The smallest absolute Gasteiger partial charge is 0.0658 e. The molecule has 3 atom stereocenters. The molecule has 25 heavy (non-hydrogen) atoms. The van der Waals surface area contributed by atoms with Crippen molar-refractivity contribution in [2.75, 3.05) is 13.2 Å². The highest BCUT2D eigenvalue weighted by molar-refractivity contribution is 4.92. The van der Waals surface area contributed by atoms with Crippen LogP contribution < -0.4 is 5.32 Å². The first-order valence-corrected chi connectivity index (χ1v) is 10.1. The van der Waals surface area contributed by atoms with E-state index in [1.807, 2.05) is 0 Å². The maximum Gasteiger partial charge on any atom is 0.0658 e. The van der Waals surface area contributed by atoms with Crippen molar-refractivity contribution in [2.45, 2.75) is 84.2 Å². The number of hydrogen-bond donors (Lipinski definition) is 1. The molecule has 0 aromatic rings. The van der Waals surface area contributed by atoms with Crippen LogP contribution in [0.2, 0.25) is 0 Å². The average Bonchev–Trinajstić information content (AvgIpc) is 2.57. The molecule has 0 aliphatic heterocycles. The van der Waals surface area contributed by atoms with Crippen molar-refractivity contribution < 1.29 is 4.74 Å². The number of rotatable bonds is 13. The van der Waals surface area contributed by atoms with E-state index in [9.17, 15) is 0 Å². The Labute approximate surface area is 155 Å². The Morgan fingerprint density at radius 2 is 1.88 bits per heavy atom. The summed E-state index contributed by atoms with van der Waals surface area (Å²) in [7, 11) is 0. The molecule has 1 aliphatic carbocycles. The second kappa shape index (κ2) is 13.0. The van der Waals surface area contributed by atoms with E-state index in [0.29, 0.717) is 12.0 Å². The lowest BCUT2D eigenvalue weighted by Crippen LogP contribution is -2.27. The Hall–Kier alpha value is -1.27. The lowest BCUT2D eigenvalue weighted by atomic mass is 9.80. The zero-order valence-electron chi connectivity index (χ0n) is 16.5. The molecule has 1 fully saturated rings. The minimum Gasteiger partial charge on any atom is -0.389 e. The largest absolute Gasteiger partial charge is 0.389 e. The molecule has 3 nitrogen and oxygen atoms in total. The predicted octanol–water partition coefficient (Wildman–Crippen LogP) is 5.74. The van der Waals surface area contributed by atoms with Gasteiger partial charge in [0.15, 0.2) is 0 Å². The monoisotopic (exact) mass is 346 g/mol. The van der Waals surface area contributed by atoms with Gasteiger partial charge in [-0.15, -0.1) is 6.58 Å². The third-order valence-electron chi connectivity index (χ3n) is 5.17. The third kappa shape index (κ3) is 10.3. The number of nitriles is 1. The summed E-state index contributed by atoms with van der Waals surface area (Å²) in [5.41, 5.74) is 2.44. The van der Waals surface area contributed by atoms with Gasteiger partial charge in [0.1, 0.15) is 0 Å². The molecule has 0 amide bonds. The van der Waals surface area contributed by atoms with E-state index in [4.69, 9.17) is 10.00 Å². The van der Waals surface area contributed by atoms with Gasteiger partial charge in [-0.3, -0.25) is 0 Å². The van der Waals surface area contributed by atoms with Crippen LogP contribution in [0, 0.1) is 23.2 Å². The van der Waals surface area contributed by atoms with Crippen LogP contribution in [0.1, 0.15) is 78.1 Å². The van der Waals surface area contributed by atoms with Gasteiger partial charge in [-0.2, -0.15) is 5.26 Å². The fraction of sp³-hybridized carbons (Fsp3) is 0.773. The van der Waals surface area contributed by atoms with Crippen LogP contribution in [0.25, 0.3) is 0 Å². The SMILES string of the molecule is C=C(C)CCCCCNC(=C)CCCCOC1CCC(C#N)C(C)C1. The standard InChI is InChI=1S/C22H38N2O/c1-18(2)10-6-5-8-14-24-20(4)11-7-9-15-25-22-13-12-21(17-23)19(3)16-22/h19,21-22,24H,1,4-16H2,2-3H3. The second-order valence-electron chi connectivity index (χ2n) is 7.77. The van der Waals surface area contributed by atoms with E-state index in [0.717, 1.165) is 63.8 Å². The summed E-state index contributed by atoms with van der Waals surface area (Å²) in [6.45, 7) is 14.2. The van der Waals surface area contributed by atoms with Crippen molar-refractivity contribution in [3.63, 3.8) is 0 Å². The Morgan fingerprint density at radius 1 is 1.12 bits per heavy atom. The van der Waals surface area contributed by atoms with Crippen molar-refractivity contribution >= 4 is 0 Å². The molecule has 0 heterocycles. The average molecular weight is 347 g/mol. The lowest BCUT2D eigenvalue weighted by molar-refractivity contribution is 0.00564. The molecule has 3 unspecified atom stereocenters. The molecule has 0 aromatic heterocycles. The first kappa shape index (κ1) is 21.8. The highest BCUT2D eigenvalue weighted by Gasteiger charge is 2.27. The third-order valence-corrected chi connectivity index (χ3v) is 5.17. The summed E-state index contributed by atoms with van der Waals surface area (Å²) < 4.78 is 6.01. The normalized spacial score (nSPS) is 23.0. The van der Waals surface area contributed by atoms with Crippen LogP contribution in [0.4, 0.5) is 0 Å². The first-order valence-electron chi connectivity index (χ1n) is 10.1. The maximum atomic E-state index is 9.06. The molecule has 3 heteroatoms. The van der Waals surface area contributed by atoms with Gasteiger partial charge in [-0.25, -0.2) is 0 Å². The molecular formula is C22H38N2O. The van der Waals surface area contributed by atoms with E-state index >= 15 is 0 Å². The summed E-state index contributed by atoms with van der Waals surface area (Å²) in [6, 6.07) is 2.42. The minimum atomic E-state index is 0.232. The Morgan fingerprint density at radius 3 is 2.56 bits per heavy atom. The van der Waals surface area contributed by atoms with Crippen LogP contribution in [-0.4, -0.2) is 19.3 Å². The number of ether oxygens (including phenoxy) is 1. The van der Waals surface area contributed by atoms with E-state index in [1.165, 1.54) is 24.8 Å². The molecule has 0 saturated heterocycles. The van der Waals surface area contributed by atoms with Gasteiger partial charge in [-0.05, 0) is 70.6 Å². The molecule has 0 bridgehead atoms. The van der Waals surface area contributed by atoms with Crippen LogP contribution in [0.3, 0.4) is 0 Å². The summed E-state index contributed by atoms with van der Waals surface area (Å²) in [6.07, 6.45) is 11.6. The second-order valence-corrected chi connectivity index (χ2v) is 7.77. The topological polar surface area (TPSA) is 45.0 Å². The molecule has 1 saturated carbocycles. The van der Waals surface area contributed by atoms with Gasteiger partial charge in [0, 0.05) is 24.8 Å². The molecule has 0 aromatic carbocycles. The zero-order chi connectivity index (χ0) is 18.5. The fourth-order valence-corrected chi connectivity index (χ4v) is 3.46. The molecule has 142 valence electrons. The van der Waals surface area contributed by atoms with Crippen molar-refractivity contribution in [3.05, 3.63) is 24.4 Å². The van der Waals surface area contributed by atoms with Crippen molar-refractivity contribution in [1.82, 2.24) is 5.32 Å². The van der Waals surface area contributed by atoms with Crippen molar-refractivity contribution in [1.29, 1.82) is 5.26 Å². The molecule has 1 aliphatic rings. The molecule has 1 N–H and O–H groups in total. The number of nitrogens with zero attached hydrogens (tertiary/aromatic N) is 1. The Kier molecular flexibility index (Phi) is 11.3. The zero-order valence-corrected chi connectivity index (χ0v) is 16.5. The first-order chi connectivity index (χ1) is 12.0. The quantitative estimate of drug-likeness (QED) is 0.341. The van der Waals surface area contributed by atoms with E-state index in [1.54, 1.807) is 0 Å². The maximum absolute atomic E-state index is 9.06. The van der Waals surface area contributed by atoms with E-state index in [2.05, 4.69) is 38.4 Å². The summed E-state index contributed by atoms with van der Waals surface area (Å²) in [5.74, 6) is 0.707. The molecule has 0 spiro atoms. The van der Waals surface area contributed by atoms with Gasteiger partial charge in [-0.1, -0.05) is 25.5 Å². The van der Waals surface area contributed by atoms with Crippen LogP contribution in [0.5, 0.6) is 0 Å².